The fourth-order valence-electron chi connectivity index (χ4n) is 0.881. The monoisotopic (exact) mass is 153 g/mol. The van der Waals surface area contributed by atoms with E-state index in [-0.39, 0.29) is 0 Å². The molecule has 0 aliphatic rings. The minimum atomic E-state index is 0.728. The Morgan fingerprint density at radius 3 is 2.82 bits per heavy atom. The van der Waals surface area contributed by atoms with Crippen molar-refractivity contribution in [3.63, 3.8) is 0 Å². The molecule has 0 saturated heterocycles. The summed E-state index contributed by atoms with van der Waals surface area (Å²) in [6, 6.07) is 0. The van der Waals surface area contributed by atoms with Crippen LogP contribution < -0.4 is 5.32 Å². The molecule has 0 aliphatic carbocycles. The van der Waals surface area contributed by atoms with Crippen LogP contribution in [0.25, 0.3) is 0 Å². The average molecular weight is 153 g/mol. The van der Waals surface area contributed by atoms with Gasteiger partial charge in [0.15, 0.2) is 0 Å². The van der Waals surface area contributed by atoms with Crippen LogP contribution in [0, 0.1) is 5.92 Å². The molecule has 1 heteroatoms. The van der Waals surface area contributed by atoms with Gasteiger partial charge < -0.3 is 5.32 Å². The molecule has 1 N–H and O–H groups in total. The van der Waals surface area contributed by atoms with Crippen LogP contribution in [0.5, 0.6) is 0 Å². The Morgan fingerprint density at radius 1 is 1.55 bits per heavy atom. The molecule has 0 spiro atoms. The molecule has 0 aromatic rings. The van der Waals surface area contributed by atoms with Crippen LogP contribution in [0.3, 0.4) is 0 Å². The minimum Gasteiger partial charge on any atom is -0.317 e. The van der Waals surface area contributed by atoms with Gasteiger partial charge in [-0.3, -0.25) is 0 Å². The van der Waals surface area contributed by atoms with Crippen LogP contribution in [0.4, 0.5) is 0 Å². The molecule has 11 heavy (non-hydrogen) atoms. The lowest BCUT2D eigenvalue weighted by Crippen LogP contribution is -2.20. The smallest absolute Gasteiger partial charge is 0.00203 e. The first-order chi connectivity index (χ1) is 5.31. The van der Waals surface area contributed by atoms with Crippen molar-refractivity contribution >= 4 is 0 Å². The van der Waals surface area contributed by atoms with Crippen LogP contribution in [0.15, 0.2) is 24.8 Å². The van der Waals surface area contributed by atoms with Crippen molar-refractivity contribution in [2.45, 2.75) is 20.3 Å². The molecule has 1 unspecified atom stereocenters. The standard InChI is InChI=1S/C10H19N/c1-4-6-7-8-10(3)9-11-5-2/h4,6-7,10-11H,1,5,8-9H2,2-3H3/b7-6-. The summed E-state index contributed by atoms with van der Waals surface area (Å²) in [5, 5.41) is 3.32. The number of rotatable bonds is 6. The van der Waals surface area contributed by atoms with Gasteiger partial charge in [-0.15, -0.1) is 0 Å². The molecule has 0 aliphatic heterocycles. The molecule has 64 valence electrons. The molecule has 0 rings (SSSR count). The zero-order valence-corrected chi connectivity index (χ0v) is 7.64. The first-order valence-electron chi connectivity index (χ1n) is 4.29. The maximum Gasteiger partial charge on any atom is -0.00203 e. The van der Waals surface area contributed by atoms with Gasteiger partial charge in [0.05, 0.1) is 0 Å². The summed E-state index contributed by atoms with van der Waals surface area (Å²) in [5.74, 6) is 0.728. The van der Waals surface area contributed by atoms with Gasteiger partial charge in [-0.05, 0) is 25.4 Å². The number of nitrogens with one attached hydrogen (secondary N) is 1. The van der Waals surface area contributed by atoms with Crippen LogP contribution in [-0.4, -0.2) is 13.1 Å². The van der Waals surface area contributed by atoms with Gasteiger partial charge in [-0.1, -0.05) is 38.7 Å². The molecular formula is C10H19N. The van der Waals surface area contributed by atoms with E-state index in [1.807, 2.05) is 12.2 Å². The van der Waals surface area contributed by atoms with E-state index < -0.39 is 0 Å². The third-order valence-corrected chi connectivity index (χ3v) is 1.55. The van der Waals surface area contributed by atoms with Crippen molar-refractivity contribution in [2.24, 2.45) is 5.92 Å². The quantitative estimate of drug-likeness (QED) is 0.578. The Kier molecular flexibility index (Phi) is 7.16. The predicted octanol–water partition coefficient (Wildman–Crippen LogP) is 2.36. The first-order valence-corrected chi connectivity index (χ1v) is 4.29. The van der Waals surface area contributed by atoms with Gasteiger partial charge >= 0.3 is 0 Å². The lowest BCUT2D eigenvalue weighted by atomic mass is 10.1. The normalized spacial score (nSPS) is 13.6. The zero-order chi connectivity index (χ0) is 8.53. The molecule has 1 atom stereocenters. The Bertz CT molecular complexity index is 116. The highest BCUT2D eigenvalue weighted by Crippen LogP contribution is 2.00. The highest BCUT2D eigenvalue weighted by molar-refractivity contribution is 4.97. The fourth-order valence-corrected chi connectivity index (χ4v) is 0.881. The van der Waals surface area contributed by atoms with Gasteiger partial charge in [-0.25, -0.2) is 0 Å². The molecule has 1 nitrogen and oxygen atoms in total. The van der Waals surface area contributed by atoms with Gasteiger partial charge in [0.2, 0.25) is 0 Å². The molecule has 0 fully saturated rings. The summed E-state index contributed by atoms with van der Waals surface area (Å²) in [5.41, 5.74) is 0. The summed E-state index contributed by atoms with van der Waals surface area (Å²) in [6.07, 6.45) is 7.12. The summed E-state index contributed by atoms with van der Waals surface area (Å²) in [4.78, 5) is 0. The van der Waals surface area contributed by atoms with Gasteiger partial charge in [-0.2, -0.15) is 0 Å². The van der Waals surface area contributed by atoms with E-state index in [0.717, 1.165) is 25.4 Å². The van der Waals surface area contributed by atoms with Crippen molar-refractivity contribution in [1.29, 1.82) is 0 Å². The average Bonchev–Trinajstić information content (AvgIpc) is 2.01. The van der Waals surface area contributed by atoms with E-state index in [0.29, 0.717) is 0 Å². The lowest BCUT2D eigenvalue weighted by molar-refractivity contribution is 0.530. The van der Waals surface area contributed by atoms with Crippen LogP contribution in [-0.2, 0) is 0 Å². The molecule has 0 bridgehead atoms. The second-order valence-corrected chi connectivity index (χ2v) is 2.81. The van der Waals surface area contributed by atoms with E-state index in [2.05, 4.69) is 31.8 Å². The maximum absolute atomic E-state index is 3.62. The van der Waals surface area contributed by atoms with Crippen molar-refractivity contribution in [3.05, 3.63) is 24.8 Å². The Balaban J connectivity index is 3.28. The molecule has 0 aromatic heterocycles. The van der Waals surface area contributed by atoms with Crippen LogP contribution in [0.1, 0.15) is 20.3 Å². The largest absolute Gasteiger partial charge is 0.317 e. The van der Waals surface area contributed by atoms with Crippen molar-refractivity contribution in [1.82, 2.24) is 5.32 Å². The maximum atomic E-state index is 3.62. The molecular weight excluding hydrogens is 134 g/mol. The van der Waals surface area contributed by atoms with Crippen molar-refractivity contribution in [2.75, 3.05) is 13.1 Å². The predicted molar refractivity (Wildman–Crippen MR) is 51.7 cm³/mol. The molecule has 0 amide bonds. The number of allylic oxidation sites excluding steroid dienone is 3. The Hall–Kier alpha value is -0.560. The third-order valence-electron chi connectivity index (χ3n) is 1.55. The van der Waals surface area contributed by atoms with Gasteiger partial charge in [0.1, 0.15) is 0 Å². The first kappa shape index (κ1) is 10.4. The summed E-state index contributed by atoms with van der Waals surface area (Å²) >= 11 is 0. The fraction of sp³-hybridized carbons (Fsp3) is 0.600. The summed E-state index contributed by atoms with van der Waals surface area (Å²) in [7, 11) is 0. The van der Waals surface area contributed by atoms with E-state index in [9.17, 15) is 0 Å². The van der Waals surface area contributed by atoms with E-state index in [1.165, 1.54) is 0 Å². The Labute approximate surface area is 70.2 Å². The summed E-state index contributed by atoms with van der Waals surface area (Å²) in [6.45, 7) is 10.2. The van der Waals surface area contributed by atoms with Gasteiger partial charge in [0.25, 0.3) is 0 Å². The zero-order valence-electron chi connectivity index (χ0n) is 7.64. The van der Waals surface area contributed by atoms with Crippen LogP contribution in [0.2, 0.25) is 0 Å². The second kappa shape index (κ2) is 7.55. The van der Waals surface area contributed by atoms with E-state index >= 15 is 0 Å². The lowest BCUT2D eigenvalue weighted by Gasteiger charge is -2.07. The van der Waals surface area contributed by atoms with E-state index in [4.69, 9.17) is 0 Å². The molecule has 0 aromatic carbocycles. The highest BCUT2D eigenvalue weighted by atomic mass is 14.8. The number of hydrogen-bond donors (Lipinski definition) is 1. The van der Waals surface area contributed by atoms with Crippen LogP contribution >= 0.6 is 0 Å². The number of hydrogen-bond acceptors (Lipinski definition) is 1. The van der Waals surface area contributed by atoms with Crippen molar-refractivity contribution < 1.29 is 0 Å². The topological polar surface area (TPSA) is 12.0 Å². The van der Waals surface area contributed by atoms with E-state index in [1.54, 1.807) is 0 Å². The van der Waals surface area contributed by atoms with Crippen molar-refractivity contribution in [3.8, 4) is 0 Å². The Morgan fingerprint density at radius 2 is 2.27 bits per heavy atom. The third kappa shape index (κ3) is 7.34. The molecule has 0 radical (unpaired) electrons. The summed E-state index contributed by atoms with van der Waals surface area (Å²) < 4.78 is 0. The molecule has 0 saturated carbocycles. The molecule has 0 heterocycles. The SMILES string of the molecule is C=C/C=C\CC(C)CNCC. The highest BCUT2D eigenvalue weighted by Gasteiger charge is 1.95. The second-order valence-electron chi connectivity index (χ2n) is 2.81. The van der Waals surface area contributed by atoms with Gasteiger partial charge in [0, 0.05) is 0 Å². The minimum absolute atomic E-state index is 0.728.